The van der Waals surface area contributed by atoms with Crippen LogP contribution in [0.15, 0.2) is 179 Å². The lowest BCUT2D eigenvalue weighted by atomic mass is 9.97. The minimum atomic E-state index is 0.861. The van der Waals surface area contributed by atoms with E-state index in [2.05, 4.69) is 161 Å². The third kappa shape index (κ3) is 3.65. The van der Waals surface area contributed by atoms with Gasteiger partial charge in [-0.15, -0.1) is 0 Å². The molecular weight excluding hydrogens is 637 g/mol. The first-order valence-corrected chi connectivity index (χ1v) is 17.7. The molecule has 242 valence electrons. The molecule has 12 aromatic rings. The molecule has 4 nitrogen and oxygen atoms in total. The third-order valence-electron chi connectivity index (χ3n) is 10.9. The van der Waals surface area contributed by atoms with E-state index in [1.807, 2.05) is 18.2 Å². The summed E-state index contributed by atoms with van der Waals surface area (Å²) in [6, 6.07) is 60.5. The quantitative estimate of drug-likeness (QED) is 0.188. The highest BCUT2D eigenvalue weighted by molar-refractivity contribution is 6.24. The van der Waals surface area contributed by atoms with Gasteiger partial charge in [-0.25, -0.2) is 0 Å². The number of furan rings is 2. The van der Waals surface area contributed by atoms with Gasteiger partial charge in [0.25, 0.3) is 0 Å². The standard InChI is InChI=1S/C48H28N2O2/c1-2-12-29(13-3-1)49-40-20-7-4-14-31(40)34-25-26-35-32-15-5-8-21-41(32)50(47(35)46(34)49)30-24-27-43-39(28-30)37-19-10-18-36(48(37)52-43)33-17-11-23-44-45(33)38-16-6-9-22-42(38)51-44/h1-28H. The third-order valence-corrected chi connectivity index (χ3v) is 10.9. The van der Waals surface area contributed by atoms with E-state index in [4.69, 9.17) is 8.83 Å². The fraction of sp³-hybridized carbons (Fsp3) is 0. The average molecular weight is 665 g/mol. The van der Waals surface area contributed by atoms with Crippen LogP contribution < -0.4 is 0 Å². The van der Waals surface area contributed by atoms with Crippen LogP contribution >= 0.6 is 0 Å². The van der Waals surface area contributed by atoms with Gasteiger partial charge in [0.15, 0.2) is 0 Å². The van der Waals surface area contributed by atoms with Crippen molar-refractivity contribution in [2.75, 3.05) is 0 Å². The summed E-state index contributed by atoms with van der Waals surface area (Å²) >= 11 is 0. The first-order chi connectivity index (χ1) is 25.8. The van der Waals surface area contributed by atoms with Crippen molar-refractivity contribution in [3.8, 4) is 22.5 Å². The molecule has 0 atom stereocenters. The van der Waals surface area contributed by atoms with Gasteiger partial charge in [-0.3, -0.25) is 0 Å². The molecule has 0 N–H and O–H groups in total. The Morgan fingerprint density at radius 1 is 0.327 bits per heavy atom. The molecule has 0 unspecified atom stereocenters. The number of hydrogen-bond donors (Lipinski definition) is 0. The number of fused-ring (bicyclic) bond motifs is 13. The van der Waals surface area contributed by atoms with E-state index in [0.29, 0.717) is 0 Å². The number of benzene rings is 8. The zero-order valence-electron chi connectivity index (χ0n) is 27.9. The molecule has 4 heterocycles. The smallest absolute Gasteiger partial charge is 0.143 e. The Bertz CT molecular complexity index is 3410. The SMILES string of the molecule is c1ccc(-n2c3ccccc3c3ccc4c5ccccc5n(-c5ccc6oc7c(-c8cccc9oc%10ccccc%10c89)cccc7c6c5)c4c32)cc1. The van der Waals surface area contributed by atoms with Gasteiger partial charge in [-0.1, -0.05) is 115 Å². The normalized spacial score (nSPS) is 12.2. The van der Waals surface area contributed by atoms with Crippen LogP contribution in [0.5, 0.6) is 0 Å². The number of para-hydroxylation sites is 5. The Morgan fingerprint density at radius 3 is 1.67 bits per heavy atom. The van der Waals surface area contributed by atoms with Gasteiger partial charge >= 0.3 is 0 Å². The first kappa shape index (κ1) is 27.7. The zero-order valence-corrected chi connectivity index (χ0v) is 27.9. The Labute approximate surface area is 296 Å². The average Bonchev–Trinajstić information content (AvgIpc) is 3.95. The molecule has 0 spiro atoms. The molecule has 0 bridgehead atoms. The number of hydrogen-bond acceptors (Lipinski definition) is 2. The highest BCUT2D eigenvalue weighted by Gasteiger charge is 2.22. The van der Waals surface area contributed by atoms with Crippen LogP contribution in [-0.2, 0) is 0 Å². The molecule has 0 radical (unpaired) electrons. The number of nitrogens with zero attached hydrogens (tertiary/aromatic N) is 2. The molecule has 8 aromatic carbocycles. The van der Waals surface area contributed by atoms with E-state index in [1.54, 1.807) is 0 Å². The molecular formula is C48H28N2O2. The Balaban J connectivity index is 1.17. The molecule has 12 rings (SSSR count). The second-order valence-corrected chi connectivity index (χ2v) is 13.6. The molecule has 0 fully saturated rings. The van der Waals surface area contributed by atoms with E-state index in [-0.39, 0.29) is 0 Å². The van der Waals surface area contributed by atoms with Crippen LogP contribution in [0.1, 0.15) is 0 Å². The Hall–Kier alpha value is -7.04. The first-order valence-electron chi connectivity index (χ1n) is 17.7. The summed E-state index contributed by atoms with van der Waals surface area (Å²) < 4.78 is 17.9. The van der Waals surface area contributed by atoms with Crippen LogP contribution in [0.4, 0.5) is 0 Å². The second-order valence-electron chi connectivity index (χ2n) is 13.6. The van der Waals surface area contributed by atoms with Crippen LogP contribution in [0.3, 0.4) is 0 Å². The van der Waals surface area contributed by atoms with Gasteiger partial charge in [0.1, 0.15) is 22.3 Å². The highest BCUT2D eigenvalue weighted by Crippen LogP contribution is 2.44. The van der Waals surface area contributed by atoms with Gasteiger partial charge in [0.05, 0.1) is 22.1 Å². The summed E-state index contributed by atoms with van der Waals surface area (Å²) in [7, 11) is 0. The molecule has 0 saturated heterocycles. The van der Waals surface area contributed by atoms with E-state index in [9.17, 15) is 0 Å². The van der Waals surface area contributed by atoms with Crippen molar-refractivity contribution in [2.45, 2.75) is 0 Å². The summed E-state index contributed by atoms with van der Waals surface area (Å²) in [5, 5.41) is 9.31. The van der Waals surface area contributed by atoms with Gasteiger partial charge in [-0.05, 0) is 60.2 Å². The van der Waals surface area contributed by atoms with E-state index in [0.717, 1.165) is 66.4 Å². The van der Waals surface area contributed by atoms with Crippen LogP contribution in [0, 0.1) is 0 Å². The van der Waals surface area contributed by atoms with Crippen LogP contribution in [0.25, 0.3) is 110 Å². The van der Waals surface area contributed by atoms with Gasteiger partial charge < -0.3 is 18.0 Å². The molecule has 0 saturated carbocycles. The molecule has 0 aliphatic heterocycles. The molecule has 0 aliphatic carbocycles. The largest absolute Gasteiger partial charge is 0.456 e. The summed E-state index contributed by atoms with van der Waals surface area (Å²) in [6.45, 7) is 0. The minimum Gasteiger partial charge on any atom is -0.456 e. The fourth-order valence-electron chi connectivity index (χ4n) is 8.75. The predicted octanol–water partition coefficient (Wildman–Crippen LogP) is 13.3. The van der Waals surface area contributed by atoms with E-state index >= 15 is 0 Å². The predicted molar refractivity (Wildman–Crippen MR) is 215 cm³/mol. The maximum absolute atomic E-state index is 6.77. The molecule has 4 aromatic heterocycles. The minimum absolute atomic E-state index is 0.861. The molecule has 52 heavy (non-hydrogen) atoms. The Kier molecular flexibility index (Phi) is 5.47. The van der Waals surface area contributed by atoms with Gasteiger partial charge in [0, 0.05) is 60.0 Å². The lowest BCUT2D eigenvalue weighted by Crippen LogP contribution is -1.98. The molecule has 0 amide bonds. The highest BCUT2D eigenvalue weighted by atomic mass is 16.3. The lowest BCUT2D eigenvalue weighted by Gasteiger charge is -2.12. The van der Waals surface area contributed by atoms with Crippen molar-refractivity contribution >= 4 is 87.5 Å². The zero-order chi connectivity index (χ0) is 33.9. The maximum atomic E-state index is 6.77. The van der Waals surface area contributed by atoms with Crippen molar-refractivity contribution in [2.24, 2.45) is 0 Å². The van der Waals surface area contributed by atoms with E-state index in [1.165, 1.54) is 43.6 Å². The summed E-state index contributed by atoms with van der Waals surface area (Å²) in [4.78, 5) is 0. The summed E-state index contributed by atoms with van der Waals surface area (Å²) in [6.07, 6.45) is 0. The monoisotopic (exact) mass is 664 g/mol. The second kappa shape index (κ2) is 10.3. The van der Waals surface area contributed by atoms with Crippen molar-refractivity contribution < 1.29 is 8.83 Å². The van der Waals surface area contributed by atoms with Gasteiger partial charge in [0.2, 0.25) is 0 Å². The topological polar surface area (TPSA) is 36.1 Å². The van der Waals surface area contributed by atoms with Crippen molar-refractivity contribution in [3.63, 3.8) is 0 Å². The van der Waals surface area contributed by atoms with Crippen molar-refractivity contribution in [1.29, 1.82) is 0 Å². The number of aromatic nitrogens is 2. The fourth-order valence-corrected chi connectivity index (χ4v) is 8.75. The van der Waals surface area contributed by atoms with Gasteiger partial charge in [-0.2, -0.15) is 0 Å². The van der Waals surface area contributed by atoms with Crippen LogP contribution in [-0.4, -0.2) is 9.13 Å². The number of rotatable bonds is 3. The Morgan fingerprint density at radius 2 is 0.904 bits per heavy atom. The van der Waals surface area contributed by atoms with Crippen molar-refractivity contribution in [1.82, 2.24) is 9.13 Å². The van der Waals surface area contributed by atoms with Crippen molar-refractivity contribution in [3.05, 3.63) is 170 Å². The molecule has 4 heteroatoms. The summed E-state index contributed by atoms with van der Waals surface area (Å²) in [5.41, 5.74) is 12.6. The molecule has 0 aliphatic rings. The lowest BCUT2D eigenvalue weighted by molar-refractivity contribution is 0.668. The van der Waals surface area contributed by atoms with E-state index < -0.39 is 0 Å². The van der Waals surface area contributed by atoms with Crippen LogP contribution in [0.2, 0.25) is 0 Å². The summed E-state index contributed by atoms with van der Waals surface area (Å²) in [5.74, 6) is 0. The maximum Gasteiger partial charge on any atom is 0.143 e.